The summed E-state index contributed by atoms with van der Waals surface area (Å²) in [6, 6.07) is 9.30. The molecule has 2 aromatic rings. The number of benzene rings is 2. The van der Waals surface area contributed by atoms with Gasteiger partial charge in [-0.15, -0.1) is 0 Å². The van der Waals surface area contributed by atoms with Crippen molar-refractivity contribution in [1.82, 2.24) is 0 Å². The van der Waals surface area contributed by atoms with Crippen LogP contribution in [0.1, 0.15) is 197 Å². The highest BCUT2D eigenvalue weighted by atomic mass is 16.7. The van der Waals surface area contributed by atoms with Crippen LogP contribution in [-0.4, -0.2) is 6.16 Å². The average molecular weight is 635 g/mol. The summed E-state index contributed by atoms with van der Waals surface area (Å²) in [5.74, 6) is 0. The van der Waals surface area contributed by atoms with Crippen LogP contribution < -0.4 is 0 Å². The summed E-state index contributed by atoms with van der Waals surface area (Å²) in [5.41, 5.74) is 7.22. The lowest BCUT2D eigenvalue weighted by Gasteiger charge is -2.39. The zero-order valence-electron chi connectivity index (χ0n) is 34.0. The van der Waals surface area contributed by atoms with Crippen molar-refractivity contribution in [3.8, 4) is 0 Å². The molecule has 3 nitrogen and oxygen atoms in total. The van der Waals surface area contributed by atoms with E-state index in [0.29, 0.717) is 0 Å². The molecular weight excluding hydrogens is 564 g/mol. The quantitative estimate of drug-likeness (QED) is 0.314. The Kier molecular flexibility index (Phi) is 10.4. The third-order valence-corrected chi connectivity index (χ3v) is 9.14. The number of carbonyl (C=O) groups excluding carboxylic acids is 1. The Labute approximate surface area is 284 Å². The maximum atomic E-state index is 13.9. The van der Waals surface area contributed by atoms with Crippen LogP contribution >= 0.6 is 0 Å². The standard InChI is InChI=1S/C43H70O3/c1-36(2,3)27-23-31(40(13,14)15)33(25-29(27)38(7,8)9)42(19,20)45-35(44)46-43(21,22)34-26-30(39(10,11)12)28(37(4,5)6)24-32(34)41(16,17)18/h23-26H,1-22H3. The summed E-state index contributed by atoms with van der Waals surface area (Å²) in [6.45, 7) is 48.5. The molecule has 0 unspecified atom stereocenters. The Morgan fingerprint density at radius 3 is 0.652 bits per heavy atom. The minimum absolute atomic E-state index is 0.0334. The van der Waals surface area contributed by atoms with Crippen molar-refractivity contribution < 1.29 is 14.3 Å². The molecule has 2 rings (SSSR count). The minimum Gasteiger partial charge on any atom is -0.423 e. The third-order valence-electron chi connectivity index (χ3n) is 9.14. The second-order valence-electron chi connectivity index (χ2n) is 20.9. The molecule has 0 N–H and O–H groups in total. The van der Waals surface area contributed by atoms with E-state index in [0.717, 1.165) is 11.1 Å². The second-order valence-corrected chi connectivity index (χ2v) is 20.9. The van der Waals surface area contributed by atoms with Gasteiger partial charge >= 0.3 is 6.16 Å². The fraction of sp³-hybridized carbons (Fsp3) is 0.698. The van der Waals surface area contributed by atoms with Crippen LogP contribution in [0.2, 0.25) is 0 Å². The van der Waals surface area contributed by atoms with Gasteiger partial charge in [0, 0.05) is 0 Å². The molecule has 0 fully saturated rings. The topological polar surface area (TPSA) is 35.5 Å². The fourth-order valence-electron chi connectivity index (χ4n) is 6.47. The van der Waals surface area contributed by atoms with Crippen molar-refractivity contribution in [2.24, 2.45) is 0 Å². The number of hydrogen-bond acceptors (Lipinski definition) is 3. The fourth-order valence-corrected chi connectivity index (χ4v) is 6.47. The maximum absolute atomic E-state index is 13.9. The van der Waals surface area contributed by atoms with Gasteiger partial charge < -0.3 is 9.47 Å². The van der Waals surface area contributed by atoms with E-state index >= 15 is 0 Å². The van der Waals surface area contributed by atoms with Crippen molar-refractivity contribution >= 4 is 6.16 Å². The van der Waals surface area contributed by atoms with Gasteiger partial charge in [0.25, 0.3) is 0 Å². The predicted molar refractivity (Wildman–Crippen MR) is 199 cm³/mol. The molecule has 0 aliphatic heterocycles. The lowest BCUT2D eigenvalue weighted by molar-refractivity contribution is -0.0643. The molecule has 0 spiro atoms. The van der Waals surface area contributed by atoms with Gasteiger partial charge in [-0.25, -0.2) is 4.79 Å². The molecule has 3 heteroatoms. The van der Waals surface area contributed by atoms with Gasteiger partial charge in [0.1, 0.15) is 11.2 Å². The molecule has 0 aromatic heterocycles. The molecule has 46 heavy (non-hydrogen) atoms. The summed E-state index contributed by atoms with van der Waals surface area (Å²) < 4.78 is 12.7. The smallest absolute Gasteiger partial charge is 0.423 e. The first-order chi connectivity index (χ1) is 20.0. The molecule has 0 aliphatic rings. The number of ether oxygens (including phenoxy) is 2. The lowest BCUT2D eigenvalue weighted by Crippen LogP contribution is -2.36. The molecular formula is C43H70O3. The normalized spacial score (nSPS) is 14.4. The van der Waals surface area contributed by atoms with E-state index in [9.17, 15) is 4.79 Å². The molecule has 0 amide bonds. The lowest BCUT2D eigenvalue weighted by atomic mass is 9.69. The minimum atomic E-state index is -0.925. The molecule has 0 radical (unpaired) electrons. The Hall–Kier alpha value is -2.29. The van der Waals surface area contributed by atoms with Crippen LogP contribution in [0, 0.1) is 0 Å². The van der Waals surface area contributed by atoms with E-state index in [1.54, 1.807) is 0 Å². The Balaban J connectivity index is 2.73. The number of carbonyl (C=O) groups is 1. The van der Waals surface area contributed by atoms with Crippen LogP contribution in [0.15, 0.2) is 24.3 Å². The van der Waals surface area contributed by atoms with E-state index in [4.69, 9.17) is 9.47 Å². The van der Waals surface area contributed by atoms with Crippen molar-refractivity contribution in [3.05, 3.63) is 68.8 Å². The highest BCUT2D eigenvalue weighted by Gasteiger charge is 2.40. The molecule has 2 aromatic carbocycles. The predicted octanol–water partition coefficient (Wildman–Crippen LogP) is 12.8. The number of rotatable bonds is 4. The highest BCUT2D eigenvalue weighted by Crippen LogP contribution is 2.45. The first-order valence-corrected chi connectivity index (χ1v) is 17.3. The molecule has 0 bridgehead atoms. The van der Waals surface area contributed by atoms with E-state index in [1.165, 1.54) is 33.4 Å². The van der Waals surface area contributed by atoms with Gasteiger partial charge in [-0.2, -0.15) is 0 Å². The largest absolute Gasteiger partial charge is 0.510 e. The van der Waals surface area contributed by atoms with E-state index in [1.807, 2.05) is 27.7 Å². The van der Waals surface area contributed by atoms with Crippen molar-refractivity contribution in [1.29, 1.82) is 0 Å². The first-order valence-electron chi connectivity index (χ1n) is 17.3. The molecule has 260 valence electrons. The summed E-state index contributed by atoms with van der Waals surface area (Å²) >= 11 is 0. The van der Waals surface area contributed by atoms with E-state index in [2.05, 4.69) is 149 Å². The van der Waals surface area contributed by atoms with Gasteiger partial charge in [-0.05, 0) is 105 Å². The van der Waals surface area contributed by atoms with Crippen molar-refractivity contribution in [2.75, 3.05) is 0 Å². The van der Waals surface area contributed by atoms with Gasteiger partial charge in [0.2, 0.25) is 0 Å². The Morgan fingerprint density at radius 2 is 0.478 bits per heavy atom. The van der Waals surface area contributed by atoms with Gasteiger partial charge in [0.05, 0.1) is 0 Å². The van der Waals surface area contributed by atoms with Crippen LogP contribution in [0.25, 0.3) is 0 Å². The SMILES string of the molecule is CC(C)(C)c1cc(C(C)(C)C)c(C(C)(C)OC(=O)OC(C)(C)c2cc(C(C)(C)C)c(C(C)(C)C)cc2C(C)(C)C)cc1C(C)(C)C. The first kappa shape index (κ1) is 39.9. The van der Waals surface area contributed by atoms with Crippen LogP contribution in [0.3, 0.4) is 0 Å². The summed E-state index contributed by atoms with van der Waals surface area (Å²) in [7, 11) is 0. The summed E-state index contributed by atoms with van der Waals surface area (Å²) in [6.07, 6.45) is -0.663. The Bertz CT molecular complexity index is 1310. The van der Waals surface area contributed by atoms with Gasteiger partial charge in [-0.1, -0.05) is 149 Å². The second kappa shape index (κ2) is 12.0. The molecule has 0 aliphatic carbocycles. The monoisotopic (exact) mass is 635 g/mol. The molecule has 0 saturated heterocycles. The Morgan fingerprint density at radius 1 is 0.326 bits per heavy atom. The summed E-state index contributed by atoms with van der Waals surface area (Å²) in [5, 5.41) is 0. The molecule has 0 saturated carbocycles. The highest BCUT2D eigenvalue weighted by molar-refractivity contribution is 5.63. The van der Waals surface area contributed by atoms with E-state index < -0.39 is 17.4 Å². The zero-order chi connectivity index (χ0) is 36.4. The van der Waals surface area contributed by atoms with Crippen LogP contribution in [-0.2, 0) is 53.2 Å². The van der Waals surface area contributed by atoms with E-state index in [-0.39, 0.29) is 32.5 Å². The zero-order valence-corrected chi connectivity index (χ0v) is 34.0. The number of hydrogen-bond donors (Lipinski definition) is 0. The van der Waals surface area contributed by atoms with Crippen molar-refractivity contribution in [3.63, 3.8) is 0 Å². The van der Waals surface area contributed by atoms with Crippen LogP contribution in [0.4, 0.5) is 4.79 Å². The van der Waals surface area contributed by atoms with Gasteiger partial charge in [0.15, 0.2) is 0 Å². The molecule has 0 atom stereocenters. The van der Waals surface area contributed by atoms with Gasteiger partial charge in [-0.3, -0.25) is 0 Å². The molecule has 0 heterocycles. The summed E-state index contributed by atoms with van der Waals surface area (Å²) in [4.78, 5) is 13.9. The average Bonchev–Trinajstić information content (AvgIpc) is 2.78. The maximum Gasteiger partial charge on any atom is 0.510 e. The third kappa shape index (κ3) is 8.99. The van der Waals surface area contributed by atoms with Crippen LogP contribution in [0.5, 0.6) is 0 Å². The van der Waals surface area contributed by atoms with Crippen molar-refractivity contribution in [2.45, 2.75) is 196 Å².